The predicted molar refractivity (Wildman–Crippen MR) is 90.7 cm³/mol. The molecule has 1 aromatic carbocycles. The van der Waals surface area contributed by atoms with Crippen molar-refractivity contribution >= 4 is 35.1 Å². The van der Waals surface area contributed by atoms with Crippen LogP contribution in [0.25, 0.3) is 0 Å². The van der Waals surface area contributed by atoms with Crippen molar-refractivity contribution < 1.29 is 19.1 Å². The zero-order chi connectivity index (χ0) is 17.5. The fraction of sp³-hybridized carbons (Fsp3) is 0.471. The SMILES string of the molecule is C[C@@H](OC(=O)CN1CCCCCC1=O)C(=O)Nc1ccccc1Cl. The summed E-state index contributed by atoms with van der Waals surface area (Å²) in [5.74, 6) is -1.11. The largest absolute Gasteiger partial charge is 0.451 e. The highest BCUT2D eigenvalue weighted by molar-refractivity contribution is 6.33. The van der Waals surface area contributed by atoms with E-state index >= 15 is 0 Å². The van der Waals surface area contributed by atoms with Crippen molar-refractivity contribution in [3.63, 3.8) is 0 Å². The number of anilines is 1. The Morgan fingerprint density at radius 1 is 1.29 bits per heavy atom. The minimum atomic E-state index is -0.976. The van der Waals surface area contributed by atoms with Gasteiger partial charge in [-0.25, -0.2) is 0 Å². The summed E-state index contributed by atoms with van der Waals surface area (Å²) < 4.78 is 5.13. The lowest BCUT2D eigenvalue weighted by Crippen LogP contribution is -2.38. The monoisotopic (exact) mass is 352 g/mol. The van der Waals surface area contributed by atoms with E-state index in [1.54, 1.807) is 24.3 Å². The van der Waals surface area contributed by atoms with E-state index in [0.717, 1.165) is 19.3 Å². The lowest BCUT2D eigenvalue weighted by Gasteiger charge is -2.21. The van der Waals surface area contributed by atoms with E-state index in [4.69, 9.17) is 16.3 Å². The minimum Gasteiger partial charge on any atom is -0.451 e. The fourth-order valence-electron chi connectivity index (χ4n) is 2.45. The van der Waals surface area contributed by atoms with E-state index in [9.17, 15) is 14.4 Å². The summed E-state index contributed by atoms with van der Waals surface area (Å²) in [5.41, 5.74) is 0.453. The molecular weight excluding hydrogens is 332 g/mol. The van der Waals surface area contributed by atoms with Gasteiger partial charge in [-0.2, -0.15) is 0 Å². The van der Waals surface area contributed by atoms with E-state index in [2.05, 4.69) is 5.32 Å². The van der Waals surface area contributed by atoms with Crippen LogP contribution in [-0.4, -0.2) is 41.9 Å². The van der Waals surface area contributed by atoms with Gasteiger partial charge in [0, 0.05) is 13.0 Å². The second kappa shape index (κ2) is 8.68. The van der Waals surface area contributed by atoms with Crippen molar-refractivity contribution in [1.29, 1.82) is 0 Å². The highest BCUT2D eigenvalue weighted by Gasteiger charge is 2.23. The van der Waals surface area contributed by atoms with Gasteiger partial charge in [-0.15, -0.1) is 0 Å². The first kappa shape index (κ1) is 18.3. The predicted octanol–water partition coefficient (Wildman–Crippen LogP) is 2.61. The molecule has 1 aliphatic heterocycles. The summed E-state index contributed by atoms with van der Waals surface area (Å²) in [4.78, 5) is 37.4. The van der Waals surface area contributed by atoms with E-state index < -0.39 is 18.0 Å². The summed E-state index contributed by atoms with van der Waals surface area (Å²) in [6.07, 6.45) is 2.18. The molecule has 1 atom stereocenters. The number of rotatable bonds is 5. The molecule has 0 spiro atoms. The van der Waals surface area contributed by atoms with Gasteiger partial charge in [-0.05, 0) is 31.9 Å². The van der Waals surface area contributed by atoms with Crippen LogP contribution >= 0.6 is 11.6 Å². The molecular formula is C17H21ClN2O4. The molecule has 1 heterocycles. The van der Waals surface area contributed by atoms with Crippen LogP contribution in [0.1, 0.15) is 32.6 Å². The van der Waals surface area contributed by atoms with Crippen molar-refractivity contribution in [2.75, 3.05) is 18.4 Å². The molecule has 6 nitrogen and oxygen atoms in total. The number of nitrogens with zero attached hydrogens (tertiary/aromatic N) is 1. The van der Waals surface area contributed by atoms with Gasteiger partial charge in [0.05, 0.1) is 10.7 Å². The summed E-state index contributed by atoms with van der Waals surface area (Å²) in [6, 6.07) is 6.80. The molecule has 1 N–H and O–H groups in total. The standard InChI is InChI=1S/C17H21ClN2O4/c1-12(17(23)19-14-8-5-4-7-13(14)18)24-16(22)11-20-10-6-2-3-9-15(20)21/h4-5,7-8,12H,2-3,6,9-11H2,1H3,(H,19,23)/t12-/m1/s1. The molecule has 24 heavy (non-hydrogen) atoms. The summed E-state index contributed by atoms with van der Waals surface area (Å²) >= 11 is 5.97. The van der Waals surface area contributed by atoms with Crippen LogP contribution < -0.4 is 5.32 Å². The summed E-state index contributed by atoms with van der Waals surface area (Å²) in [7, 11) is 0. The third-order valence-electron chi connectivity index (χ3n) is 3.80. The van der Waals surface area contributed by atoms with E-state index in [1.165, 1.54) is 11.8 Å². The van der Waals surface area contributed by atoms with Crippen molar-refractivity contribution in [2.45, 2.75) is 38.7 Å². The highest BCUT2D eigenvalue weighted by atomic mass is 35.5. The van der Waals surface area contributed by atoms with Crippen molar-refractivity contribution in [1.82, 2.24) is 4.90 Å². The number of hydrogen-bond donors (Lipinski definition) is 1. The Hall–Kier alpha value is -2.08. The van der Waals surface area contributed by atoms with Gasteiger partial charge in [-0.1, -0.05) is 30.2 Å². The van der Waals surface area contributed by atoms with Gasteiger partial charge in [0.2, 0.25) is 5.91 Å². The average Bonchev–Trinajstić information content (AvgIpc) is 2.74. The van der Waals surface area contributed by atoms with Crippen molar-refractivity contribution in [3.05, 3.63) is 29.3 Å². The van der Waals surface area contributed by atoms with Crippen LogP contribution in [0.4, 0.5) is 5.69 Å². The minimum absolute atomic E-state index is 0.0439. The maximum Gasteiger partial charge on any atom is 0.326 e. The Labute approximate surface area is 146 Å². The van der Waals surface area contributed by atoms with Crippen LogP contribution in [0, 0.1) is 0 Å². The highest BCUT2D eigenvalue weighted by Crippen LogP contribution is 2.20. The molecule has 1 aromatic rings. The Bertz CT molecular complexity index is 620. The van der Waals surface area contributed by atoms with Crippen LogP contribution in [0.15, 0.2) is 24.3 Å². The first-order valence-electron chi connectivity index (χ1n) is 8.00. The van der Waals surface area contributed by atoms with Crippen LogP contribution in [0.3, 0.4) is 0 Å². The van der Waals surface area contributed by atoms with Gasteiger partial charge in [0.15, 0.2) is 6.10 Å². The molecule has 7 heteroatoms. The molecule has 0 aromatic heterocycles. The number of amides is 2. The van der Waals surface area contributed by atoms with Crippen molar-refractivity contribution in [2.24, 2.45) is 0 Å². The third kappa shape index (κ3) is 5.23. The topological polar surface area (TPSA) is 75.7 Å². The summed E-state index contributed by atoms with van der Waals surface area (Å²) in [6.45, 7) is 1.91. The van der Waals surface area contributed by atoms with E-state index in [1.807, 2.05) is 0 Å². The maximum absolute atomic E-state index is 12.1. The first-order chi connectivity index (χ1) is 11.5. The van der Waals surface area contributed by atoms with Crippen LogP contribution in [0.2, 0.25) is 5.02 Å². The summed E-state index contributed by atoms with van der Waals surface area (Å²) in [5, 5.41) is 3.01. The number of carbonyl (C=O) groups excluding carboxylic acids is 3. The van der Waals surface area contributed by atoms with Gasteiger partial charge in [-0.3, -0.25) is 14.4 Å². The van der Waals surface area contributed by atoms with Crippen LogP contribution in [-0.2, 0) is 19.1 Å². The number of likely N-dealkylation sites (tertiary alicyclic amines) is 1. The lowest BCUT2D eigenvalue weighted by molar-refractivity contribution is -0.156. The average molecular weight is 353 g/mol. The van der Waals surface area contributed by atoms with Crippen LogP contribution in [0.5, 0.6) is 0 Å². The van der Waals surface area contributed by atoms with Gasteiger partial charge in [0.25, 0.3) is 5.91 Å². The number of halogens is 1. The number of para-hydroxylation sites is 1. The molecule has 0 bridgehead atoms. The zero-order valence-corrected chi connectivity index (χ0v) is 14.3. The molecule has 0 radical (unpaired) electrons. The number of nitrogens with one attached hydrogen (secondary N) is 1. The van der Waals surface area contributed by atoms with Gasteiger partial charge >= 0.3 is 5.97 Å². The number of ether oxygens (including phenoxy) is 1. The molecule has 2 amide bonds. The van der Waals surface area contributed by atoms with Crippen molar-refractivity contribution in [3.8, 4) is 0 Å². The Kier molecular flexibility index (Phi) is 6.61. The second-order valence-corrected chi connectivity index (χ2v) is 6.13. The van der Waals surface area contributed by atoms with Gasteiger partial charge < -0.3 is 15.0 Å². The molecule has 0 unspecified atom stereocenters. The van der Waals surface area contributed by atoms with E-state index in [0.29, 0.717) is 23.7 Å². The lowest BCUT2D eigenvalue weighted by atomic mass is 10.2. The second-order valence-electron chi connectivity index (χ2n) is 5.73. The normalized spacial score (nSPS) is 16.2. The number of benzene rings is 1. The molecule has 130 valence electrons. The number of carbonyl (C=O) groups is 3. The Morgan fingerprint density at radius 3 is 2.79 bits per heavy atom. The molecule has 1 aliphatic rings. The Morgan fingerprint density at radius 2 is 2.04 bits per heavy atom. The molecule has 0 aliphatic carbocycles. The van der Waals surface area contributed by atoms with E-state index in [-0.39, 0.29) is 12.5 Å². The van der Waals surface area contributed by atoms with Gasteiger partial charge in [0.1, 0.15) is 6.54 Å². The number of hydrogen-bond acceptors (Lipinski definition) is 4. The maximum atomic E-state index is 12.1. The first-order valence-corrected chi connectivity index (χ1v) is 8.38. The molecule has 2 rings (SSSR count). The molecule has 1 fully saturated rings. The smallest absolute Gasteiger partial charge is 0.326 e. The third-order valence-corrected chi connectivity index (χ3v) is 4.13. The fourth-order valence-corrected chi connectivity index (χ4v) is 2.63. The zero-order valence-electron chi connectivity index (χ0n) is 13.6. The molecule has 0 saturated carbocycles. The Balaban J connectivity index is 1.85. The molecule has 1 saturated heterocycles. The quantitative estimate of drug-likeness (QED) is 0.826. The number of esters is 1.